The molecular formula is C4H10O2S3. The van der Waals surface area contributed by atoms with Crippen LogP contribution in [-0.2, 0) is 22.4 Å². The Kier molecular flexibility index (Phi) is 6.35. The lowest BCUT2D eigenvalue weighted by Crippen LogP contribution is -2.04. The van der Waals surface area contributed by atoms with E-state index in [9.17, 15) is 9.11 Å². The van der Waals surface area contributed by atoms with Gasteiger partial charge in [-0.15, -0.1) is 0 Å². The SMILES string of the molecule is C[S+]([O-])CSC[S+](C)[O-]. The third-order valence-corrected chi connectivity index (χ3v) is 4.49. The second-order valence-corrected chi connectivity index (χ2v) is 6.17. The van der Waals surface area contributed by atoms with Crippen LogP contribution in [0.5, 0.6) is 0 Å². The average molecular weight is 186 g/mol. The van der Waals surface area contributed by atoms with Crippen molar-refractivity contribution in [2.45, 2.75) is 0 Å². The Morgan fingerprint density at radius 2 is 1.44 bits per heavy atom. The van der Waals surface area contributed by atoms with Crippen molar-refractivity contribution in [1.82, 2.24) is 0 Å². The van der Waals surface area contributed by atoms with E-state index in [1.54, 1.807) is 12.5 Å². The molecule has 0 rings (SSSR count). The molecule has 5 heteroatoms. The maximum Gasteiger partial charge on any atom is 0.154 e. The summed E-state index contributed by atoms with van der Waals surface area (Å²) >= 11 is -0.0378. The van der Waals surface area contributed by atoms with Gasteiger partial charge in [-0.2, -0.15) is 0 Å². The minimum atomic E-state index is -0.753. The molecule has 9 heavy (non-hydrogen) atoms. The molecule has 0 saturated heterocycles. The van der Waals surface area contributed by atoms with Gasteiger partial charge in [0, 0.05) is 0 Å². The van der Waals surface area contributed by atoms with Crippen LogP contribution < -0.4 is 0 Å². The first-order valence-electron chi connectivity index (χ1n) is 2.30. The highest BCUT2D eigenvalue weighted by atomic mass is 32.3. The van der Waals surface area contributed by atoms with Crippen molar-refractivity contribution in [3.05, 3.63) is 0 Å². The highest BCUT2D eigenvalue weighted by molar-refractivity contribution is 8.18. The van der Waals surface area contributed by atoms with Crippen LogP contribution in [0.4, 0.5) is 0 Å². The molecule has 0 N–H and O–H groups in total. The molecule has 0 fully saturated rings. The summed E-state index contributed by atoms with van der Waals surface area (Å²) in [7, 11) is 0. The summed E-state index contributed by atoms with van der Waals surface area (Å²) in [5, 5.41) is 1.19. The van der Waals surface area contributed by atoms with Crippen molar-refractivity contribution >= 4 is 34.1 Å². The fraction of sp³-hybridized carbons (Fsp3) is 1.00. The molecule has 0 radical (unpaired) electrons. The summed E-state index contributed by atoms with van der Waals surface area (Å²) in [6.07, 6.45) is 3.29. The first-order valence-corrected chi connectivity index (χ1v) is 6.91. The third-order valence-electron chi connectivity index (χ3n) is 0.499. The van der Waals surface area contributed by atoms with E-state index in [0.717, 1.165) is 0 Å². The van der Waals surface area contributed by atoms with Crippen LogP contribution in [-0.4, -0.2) is 31.8 Å². The smallest absolute Gasteiger partial charge is 0.154 e. The minimum Gasteiger partial charge on any atom is -0.616 e. The first-order chi connectivity index (χ1) is 4.13. The fourth-order valence-corrected chi connectivity index (χ4v) is 3.03. The second-order valence-electron chi connectivity index (χ2n) is 1.59. The summed E-state index contributed by atoms with van der Waals surface area (Å²) in [5.41, 5.74) is 0. The summed E-state index contributed by atoms with van der Waals surface area (Å²) in [4.78, 5) is 0. The maximum atomic E-state index is 10.4. The van der Waals surface area contributed by atoms with E-state index in [0.29, 0.717) is 10.2 Å². The van der Waals surface area contributed by atoms with Crippen LogP contribution >= 0.6 is 11.8 Å². The second kappa shape index (κ2) is 5.73. The predicted octanol–water partition coefficient (Wildman–Crippen LogP) is 0.392. The van der Waals surface area contributed by atoms with Crippen molar-refractivity contribution in [2.75, 3.05) is 22.7 Å². The first kappa shape index (κ1) is 9.97. The molecule has 0 heterocycles. The van der Waals surface area contributed by atoms with Crippen molar-refractivity contribution in [3.63, 3.8) is 0 Å². The minimum absolute atomic E-state index is 0.597. The number of rotatable bonds is 4. The van der Waals surface area contributed by atoms with Crippen LogP contribution in [0, 0.1) is 0 Å². The standard InChI is InChI=1S/C4H10O2S3/c1-8(5)3-7-4-9(2)6/h3-4H2,1-2H3. The summed E-state index contributed by atoms with van der Waals surface area (Å²) in [6, 6.07) is 0. The average Bonchev–Trinajstić information content (AvgIpc) is 1.63. The Labute approximate surface area is 66.1 Å². The van der Waals surface area contributed by atoms with Gasteiger partial charge in [-0.25, -0.2) is 0 Å². The van der Waals surface area contributed by atoms with Crippen LogP contribution in [0.2, 0.25) is 0 Å². The predicted molar refractivity (Wildman–Crippen MR) is 45.5 cm³/mol. The molecule has 56 valence electrons. The van der Waals surface area contributed by atoms with Crippen LogP contribution in [0.1, 0.15) is 0 Å². The van der Waals surface area contributed by atoms with Crippen molar-refractivity contribution in [3.8, 4) is 0 Å². The Bertz CT molecular complexity index is 58.8. The summed E-state index contributed by atoms with van der Waals surface area (Å²) in [5.74, 6) is 0. The molecule has 0 bridgehead atoms. The third kappa shape index (κ3) is 8.97. The summed E-state index contributed by atoms with van der Waals surface area (Å²) < 4.78 is 20.8. The number of hydrogen-bond donors (Lipinski definition) is 0. The molecule has 0 saturated carbocycles. The van der Waals surface area contributed by atoms with Gasteiger partial charge in [0.05, 0.1) is 12.5 Å². The molecule has 2 atom stereocenters. The molecule has 0 aromatic carbocycles. The zero-order valence-corrected chi connectivity index (χ0v) is 7.90. The van der Waals surface area contributed by atoms with Gasteiger partial charge in [-0.3, -0.25) is 0 Å². The molecule has 0 aromatic rings. The topological polar surface area (TPSA) is 46.1 Å². The van der Waals surface area contributed by atoms with Crippen molar-refractivity contribution < 1.29 is 9.11 Å². The van der Waals surface area contributed by atoms with Crippen LogP contribution in [0.3, 0.4) is 0 Å². The van der Waals surface area contributed by atoms with E-state index in [1.807, 2.05) is 0 Å². The van der Waals surface area contributed by atoms with Gasteiger partial charge < -0.3 is 9.11 Å². The molecule has 0 aliphatic heterocycles. The largest absolute Gasteiger partial charge is 0.616 e. The lowest BCUT2D eigenvalue weighted by atomic mass is 11.8. The van der Waals surface area contributed by atoms with E-state index in [-0.39, 0.29) is 0 Å². The van der Waals surface area contributed by atoms with E-state index in [2.05, 4.69) is 0 Å². The quantitative estimate of drug-likeness (QED) is 0.597. The zero-order valence-electron chi connectivity index (χ0n) is 5.46. The van der Waals surface area contributed by atoms with Crippen LogP contribution in [0.15, 0.2) is 0 Å². The van der Waals surface area contributed by atoms with Gasteiger partial charge in [0.25, 0.3) is 0 Å². The molecule has 2 unspecified atom stereocenters. The summed E-state index contributed by atoms with van der Waals surface area (Å²) in [6.45, 7) is 0. The van der Waals surface area contributed by atoms with Crippen molar-refractivity contribution in [2.24, 2.45) is 0 Å². The van der Waals surface area contributed by atoms with E-state index in [1.165, 1.54) is 11.8 Å². The Hall–Kier alpha value is 0.970. The molecule has 0 aromatic heterocycles. The number of hydrogen-bond acceptors (Lipinski definition) is 3. The van der Waals surface area contributed by atoms with Crippen LogP contribution in [0.25, 0.3) is 0 Å². The maximum absolute atomic E-state index is 10.4. The van der Waals surface area contributed by atoms with Gasteiger partial charge >= 0.3 is 0 Å². The van der Waals surface area contributed by atoms with Gasteiger partial charge in [0.2, 0.25) is 0 Å². The monoisotopic (exact) mass is 186 g/mol. The molecule has 0 spiro atoms. The lowest BCUT2D eigenvalue weighted by Gasteiger charge is -2.05. The highest BCUT2D eigenvalue weighted by Crippen LogP contribution is 2.06. The zero-order chi connectivity index (χ0) is 7.28. The Morgan fingerprint density at radius 1 is 1.11 bits per heavy atom. The molecule has 0 amide bonds. The van der Waals surface area contributed by atoms with E-state index < -0.39 is 22.4 Å². The molecule has 2 nitrogen and oxygen atoms in total. The van der Waals surface area contributed by atoms with E-state index in [4.69, 9.17) is 0 Å². The fourth-order valence-electron chi connectivity index (χ4n) is 0.269. The Morgan fingerprint density at radius 3 is 1.67 bits per heavy atom. The van der Waals surface area contributed by atoms with Gasteiger partial charge in [-0.1, -0.05) is 11.8 Å². The van der Waals surface area contributed by atoms with Gasteiger partial charge in [-0.05, 0) is 22.4 Å². The lowest BCUT2D eigenvalue weighted by molar-refractivity contribution is 0.605. The molecule has 0 aliphatic carbocycles. The van der Waals surface area contributed by atoms with Gasteiger partial charge in [0.15, 0.2) is 10.2 Å². The molecular weight excluding hydrogens is 176 g/mol. The number of thioether (sulfide) groups is 1. The highest BCUT2D eigenvalue weighted by Gasteiger charge is 2.01. The van der Waals surface area contributed by atoms with Gasteiger partial charge in [0.1, 0.15) is 0 Å². The van der Waals surface area contributed by atoms with E-state index >= 15 is 0 Å². The Balaban J connectivity index is 2.91. The van der Waals surface area contributed by atoms with Crippen molar-refractivity contribution in [1.29, 1.82) is 0 Å². The normalized spacial score (nSPS) is 17.3. The molecule has 0 aliphatic rings.